The van der Waals surface area contributed by atoms with Gasteiger partial charge in [-0.1, -0.05) is 48.5 Å². The van der Waals surface area contributed by atoms with E-state index in [0.29, 0.717) is 6.54 Å². The van der Waals surface area contributed by atoms with Crippen molar-refractivity contribution in [3.05, 3.63) is 121 Å². The largest absolute Gasteiger partial charge is 0.355 e. The number of nitrogens with one attached hydrogen (secondary N) is 1. The first-order chi connectivity index (χ1) is 17.2. The second kappa shape index (κ2) is 7.83. The van der Waals surface area contributed by atoms with Gasteiger partial charge in [0.1, 0.15) is 0 Å². The van der Waals surface area contributed by atoms with Crippen LogP contribution in [-0.4, -0.2) is 0 Å². The quantitative estimate of drug-likeness (QED) is 0.265. The third kappa shape index (κ3) is 3.47. The zero-order chi connectivity index (χ0) is 23.4. The molecule has 0 aliphatic heterocycles. The van der Waals surface area contributed by atoms with Crippen molar-refractivity contribution in [1.82, 2.24) is 0 Å². The van der Waals surface area contributed by atoms with Crippen LogP contribution in [0.15, 0.2) is 115 Å². The summed E-state index contributed by atoms with van der Waals surface area (Å²) in [5.41, 5.74) is 9.05. The Morgan fingerprint density at radius 2 is 0.943 bits per heavy atom. The van der Waals surface area contributed by atoms with Crippen molar-refractivity contribution in [2.45, 2.75) is 6.54 Å². The van der Waals surface area contributed by atoms with Crippen LogP contribution >= 0.6 is 0 Å². The molecule has 7 aromatic rings. The van der Waals surface area contributed by atoms with E-state index in [9.17, 15) is 0 Å². The van der Waals surface area contributed by atoms with Crippen molar-refractivity contribution in [3.8, 4) is 0 Å². The second-order valence-electron chi connectivity index (χ2n) is 9.35. The molecule has 0 aliphatic rings. The number of fused-ring (bicyclic) bond motifs is 5. The van der Waals surface area contributed by atoms with Crippen LogP contribution in [0.4, 0.5) is 11.4 Å². The number of nitrogens with two attached hydrogens (primary N) is 1. The number of rotatable bonds is 3. The van der Waals surface area contributed by atoms with Crippen LogP contribution in [0.3, 0.4) is 0 Å². The molecule has 3 N–H and O–H groups in total. The zero-order valence-electron chi connectivity index (χ0n) is 19.3. The molecular weight excluding hydrogens is 424 g/mol. The highest BCUT2D eigenvalue weighted by atomic mass is 14.9. The van der Waals surface area contributed by atoms with E-state index in [-0.39, 0.29) is 0 Å². The fraction of sp³-hybridized carbons (Fsp3) is 0.0303. The first kappa shape index (κ1) is 20.0. The van der Waals surface area contributed by atoms with Gasteiger partial charge >= 0.3 is 0 Å². The van der Waals surface area contributed by atoms with E-state index in [2.05, 4.69) is 121 Å². The third-order valence-corrected chi connectivity index (χ3v) is 7.08. The maximum atomic E-state index is 5.75. The Morgan fingerprint density at radius 3 is 1.51 bits per heavy atom. The summed E-state index contributed by atoms with van der Waals surface area (Å²) in [7, 11) is 0. The van der Waals surface area contributed by atoms with E-state index in [1.807, 2.05) is 0 Å². The summed E-state index contributed by atoms with van der Waals surface area (Å²) in [5.74, 6) is 0. The van der Waals surface area contributed by atoms with Gasteiger partial charge in [-0.3, -0.25) is 0 Å². The highest BCUT2D eigenvalue weighted by Crippen LogP contribution is 2.34. The Kier molecular flexibility index (Phi) is 4.48. The first-order valence-electron chi connectivity index (χ1n) is 12.0. The van der Waals surface area contributed by atoms with Crippen molar-refractivity contribution in [2.24, 2.45) is 5.73 Å². The average Bonchev–Trinajstić information content (AvgIpc) is 2.89. The molecule has 166 valence electrons. The molecule has 0 bridgehead atoms. The minimum atomic E-state index is 0.556. The predicted octanol–water partition coefficient (Wildman–Crippen LogP) is 8.65. The maximum Gasteiger partial charge on any atom is 0.0464 e. The summed E-state index contributed by atoms with van der Waals surface area (Å²) in [6.07, 6.45) is 0. The molecule has 0 heterocycles. The average molecular weight is 449 g/mol. The van der Waals surface area contributed by atoms with E-state index in [1.165, 1.54) is 53.9 Å². The van der Waals surface area contributed by atoms with E-state index in [1.54, 1.807) is 0 Å². The lowest BCUT2D eigenvalue weighted by atomic mass is 9.96. The molecule has 0 aromatic heterocycles. The van der Waals surface area contributed by atoms with Crippen molar-refractivity contribution >= 4 is 65.2 Å². The van der Waals surface area contributed by atoms with Crippen molar-refractivity contribution < 1.29 is 0 Å². The van der Waals surface area contributed by atoms with Crippen LogP contribution in [0.1, 0.15) is 5.56 Å². The predicted molar refractivity (Wildman–Crippen MR) is 152 cm³/mol. The summed E-state index contributed by atoms with van der Waals surface area (Å²) >= 11 is 0. The molecule has 0 saturated heterocycles. The molecule has 0 unspecified atom stereocenters. The Morgan fingerprint density at radius 1 is 0.457 bits per heavy atom. The van der Waals surface area contributed by atoms with Gasteiger partial charge in [0, 0.05) is 23.3 Å². The lowest BCUT2D eigenvalue weighted by Gasteiger charge is -2.12. The lowest BCUT2D eigenvalue weighted by molar-refractivity contribution is 1.07. The first-order valence-corrected chi connectivity index (χ1v) is 12.0. The van der Waals surface area contributed by atoms with Gasteiger partial charge in [-0.25, -0.2) is 0 Å². The van der Waals surface area contributed by atoms with Crippen LogP contribution in [-0.2, 0) is 6.54 Å². The minimum absolute atomic E-state index is 0.556. The van der Waals surface area contributed by atoms with E-state index in [0.717, 1.165) is 16.9 Å². The molecular formula is C33H24N2. The molecule has 7 rings (SSSR count). The molecule has 0 aliphatic carbocycles. The van der Waals surface area contributed by atoms with Crippen LogP contribution in [0.2, 0.25) is 0 Å². The van der Waals surface area contributed by atoms with Gasteiger partial charge in [-0.2, -0.15) is 0 Å². The van der Waals surface area contributed by atoms with Crippen LogP contribution < -0.4 is 11.1 Å². The Hall–Kier alpha value is -4.40. The highest BCUT2D eigenvalue weighted by molar-refractivity contribution is 6.11. The number of hydrogen-bond acceptors (Lipinski definition) is 2. The summed E-state index contributed by atoms with van der Waals surface area (Å²) in [6.45, 7) is 0.556. The molecule has 7 aromatic carbocycles. The topological polar surface area (TPSA) is 38.0 Å². The molecule has 0 atom stereocenters. The number of hydrogen-bond donors (Lipinski definition) is 2. The Balaban J connectivity index is 1.39. The van der Waals surface area contributed by atoms with Crippen molar-refractivity contribution in [2.75, 3.05) is 5.32 Å². The molecule has 0 amide bonds. The van der Waals surface area contributed by atoms with Gasteiger partial charge in [0.05, 0.1) is 0 Å². The van der Waals surface area contributed by atoms with Gasteiger partial charge < -0.3 is 11.1 Å². The van der Waals surface area contributed by atoms with Crippen LogP contribution in [0, 0.1) is 0 Å². The van der Waals surface area contributed by atoms with Gasteiger partial charge in [-0.15, -0.1) is 0 Å². The normalized spacial score (nSPS) is 11.7. The van der Waals surface area contributed by atoms with Crippen molar-refractivity contribution in [1.29, 1.82) is 0 Å². The van der Waals surface area contributed by atoms with Crippen LogP contribution in [0.5, 0.6) is 0 Å². The summed E-state index contributed by atoms with van der Waals surface area (Å²) < 4.78 is 0. The summed E-state index contributed by atoms with van der Waals surface area (Å²) in [4.78, 5) is 0. The van der Waals surface area contributed by atoms with E-state index in [4.69, 9.17) is 5.73 Å². The maximum absolute atomic E-state index is 5.75. The fourth-order valence-corrected chi connectivity index (χ4v) is 5.21. The second-order valence-corrected chi connectivity index (χ2v) is 9.35. The standard InChI is InChI=1S/C33H24N2/c34-20-21-8-10-31(11-9-21)35-33-7-3-6-24-14-27-17-28-15-25-12-22-4-1-2-5-23(22)13-26(25)16-29(28)18-30(27)19-32(24)33/h1-19,35H,20,34H2. The van der Waals surface area contributed by atoms with Gasteiger partial charge in [-0.05, 0) is 121 Å². The molecule has 0 radical (unpaired) electrons. The van der Waals surface area contributed by atoms with E-state index < -0.39 is 0 Å². The molecule has 2 heteroatoms. The SMILES string of the molecule is NCc1ccc(Nc2cccc3cc4cc5cc6cc7ccccc7cc6cc5cc4cc23)cc1. The highest BCUT2D eigenvalue weighted by Gasteiger charge is 2.07. The Bertz CT molecular complexity index is 1900. The summed E-state index contributed by atoms with van der Waals surface area (Å²) in [6, 6.07) is 41.8. The summed E-state index contributed by atoms with van der Waals surface area (Å²) in [5, 5.41) is 16.2. The lowest BCUT2D eigenvalue weighted by Crippen LogP contribution is -1.96. The fourth-order valence-electron chi connectivity index (χ4n) is 5.21. The molecule has 0 saturated carbocycles. The van der Waals surface area contributed by atoms with E-state index >= 15 is 0 Å². The number of anilines is 2. The van der Waals surface area contributed by atoms with Gasteiger partial charge in [0.2, 0.25) is 0 Å². The smallest absolute Gasteiger partial charge is 0.0464 e. The molecule has 0 fully saturated rings. The third-order valence-electron chi connectivity index (χ3n) is 7.08. The number of benzene rings is 7. The van der Waals surface area contributed by atoms with Crippen molar-refractivity contribution in [3.63, 3.8) is 0 Å². The molecule has 2 nitrogen and oxygen atoms in total. The van der Waals surface area contributed by atoms with Crippen LogP contribution in [0.25, 0.3) is 53.9 Å². The molecule has 0 spiro atoms. The minimum Gasteiger partial charge on any atom is -0.355 e. The molecule has 35 heavy (non-hydrogen) atoms. The monoisotopic (exact) mass is 448 g/mol. The van der Waals surface area contributed by atoms with Gasteiger partial charge in [0.25, 0.3) is 0 Å². The zero-order valence-corrected chi connectivity index (χ0v) is 19.3. The Labute approximate surface area is 203 Å². The van der Waals surface area contributed by atoms with Gasteiger partial charge in [0.15, 0.2) is 0 Å².